The summed E-state index contributed by atoms with van der Waals surface area (Å²) < 4.78 is 14.1. The highest BCUT2D eigenvalue weighted by Gasteiger charge is 2.70. The number of imide groups is 1. The summed E-state index contributed by atoms with van der Waals surface area (Å²) in [5, 5.41) is 5.71. The van der Waals surface area contributed by atoms with Crippen LogP contribution in [0.2, 0.25) is 0 Å². The highest BCUT2D eigenvalue weighted by Crippen LogP contribution is 2.53. The molecule has 8 nitrogen and oxygen atoms in total. The van der Waals surface area contributed by atoms with Crippen molar-refractivity contribution >= 4 is 29.3 Å². The van der Waals surface area contributed by atoms with E-state index in [1.165, 1.54) is 18.2 Å². The minimum Gasteiger partial charge on any atom is -0.370 e. The summed E-state index contributed by atoms with van der Waals surface area (Å²) in [4.78, 5) is 52.8. The van der Waals surface area contributed by atoms with Crippen LogP contribution in [0, 0.1) is 17.7 Å². The minimum atomic E-state index is -1.65. The maximum atomic E-state index is 14.1. The fourth-order valence-corrected chi connectivity index (χ4v) is 5.15. The Balaban J connectivity index is 1.62. The van der Waals surface area contributed by atoms with Crippen molar-refractivity contribution in [3.8, 4) is 0 Å². The molecule has 3 heterocycles. The quantitative estimate of drug-likeness (QED) is 0.624. The molecule has 0 unspecified atom stereocenters. The molecular formula is C22H19FN4O4. The van der Waals surface area contributed by atoms with Crippen molar-refractivity contribution in [2.75, 3.05) is 5.32 Å². The smallest absolute Gasteiger partial charge is 0.250 e. The standard InChI is InChI=1S/C22H19FN4O4/c23-12-6-7-14-13(8-12)22(21(31)25-14)18-17(15(26-22)9-16(24)28)19(29)27(20(18)30)10-11-4-2-1-3-5-11/h1-8,15,17-18,26H,9-10H2,(H2,24,28)(H,25,31)/t15-,17-,18+,22-/m1/s1. The summed E-state index contributed by atoms with van der Waals surface area (Å²) in [6, 6.07) is 12.0. The second kappa shape index (κ2) is 6.71. The molecular weight excluding hydrogens is 403 g/mol. The number of fused-ring (bicyclic) bond motifs is 4. The number of anilines is 1. The first-order valence-electron chi connectivity index (χ1n) is 9.89. The molecule has 0 saturated carbocycles. The van der Waals surface area contributed by atoms with Gasteiger partial charge in [-0.05, 0) is 23.8 Å². The SMILES string of the molecule is NC(=O)C[C@H]1N[C@@]2(C(=O)Nc3ccc(F)cc32)[C@@H]2C(=O)N(Cc3ccccc3)C(=O)[C@@H]21. The number of amides is 4. The lowest BCUT2D eigenvalue weighted by Gasteiger charge is -2.29. The second-order valence-electron chi connectivity index (χ2n) is 8.12. The first-order chi connectivity index (χ1) is 14.8. The molecule has 9 heteroatoms. The van der Waals surface area contributed by atoms with E-state index in [1.54, 1.807) is 24.3 Å². The van der Waals surface area contributed by atoms with Crippen molar-refractivity contribution in [1.82, 2.24) is 10.2 Å². The number of hydrogen-bond acceptors (Lipinski definition) is 5. The van der Waals surface area contributed by atoms with Crippen molar-refractivity contribution in [1.29, 1.82) is 0 Å². The first kappa shape index (κ1) is 19.4. The predicted octanol–water partition coefficient (Wildman–Crippen LogP) is 0.622. The van der Waals surface area contributed by atoms with Crippen LogP contribution in [0.5, 0.6) is 0 Å². The van der Waals surface area contributed by atoms with Crippen molar-refractivity contribution in [2.24, 2.45) is 17.6 Å². The number of nitrogens with two attached hydrogens (primary N) is 1. The lowest BCUT2D eigenvalue weighted by molar-refractivity contribution is -0.143. The van der Waals surface area contributed by atoms with Crippen LogP contribution in [-0.4, -0.2) is 34.6 Å². The zero-order valence-corrected chi connectivity index (χ0v) is 16.3. The first-order valence-corrected chi connectivity index (χ1v) is 9.89. The van der Waals surface area contributed by atoms with Crippen LogP contribution in [0.1, 0.15) is 17.5 Å². The zero-order chi connectivity index (χ0) is 21.9. The Morgan fingerprint density at radius 3 is 2.55 bits per heavy atom. The summed E-state index contributed by atoms with van der Waals surface area (Å²) in [5.74, 6) is -4.91. The number of nitrogens with zero attached hydrogens (tertiary/aromatic N) is 1. The third kappa shape index (κ3) is 2.70. The van der Waals surface area contributed by atoms with Crippen molar-refractivity contribution in [2.45, 2.75) is 24.5 Å². The molecule has 3 aliphatic rings. The summed E-state index contributed by atoms with van der Waals surface area (Å²) in [7, 11) is 0. The van der Waals surface area contributed by atoms with Crippen LogP contribution in [0.4, 0.5) is 10.1 Å². The molecule has 4 N–H and O–H groups in total. The Labute approximate surface area is 176 Å². The molecule has 2 fully saturated rings. The molecule has 5 rings (SSSR count). The normalized spacial score (nSPS) is 28.7. The Morgan fingerprint density at radius 1 is 1.10 bits per heavy atom. The molecule has 2 aromatic carbocycles. The second-order valence-corrected chi connectivity index (χ2v) is 8.12. The van der Waals surface area contributed by atoms with Gasteiger partial charge in [-0.15, -0.1) is 0 Å². The third-order valence-electron chi connectivity index (χ3n) is 6.37. The van der Waals surface area contributed by atoms with E-state index in [9.17, 15) is 23.6 Å². The molecule has 0 radical (unpaired) electrons. The average molecular weight is 422 g/mol. The molecule has 3 aliphatic heterocycles. The van der Waals surface area contributed by atoms with Crippen LogP contribution in [-0.2, 0) is 31.3 Å². The fraction of sp³-hybridized carbons (Fsp3) is 0.273. The van der Waals surface area contributed by atoms with Crippen molar-refractivity contribution < 1.29 is 23.6 Å². The van der Waals surface area contributed by atoms with E-state index in [2.05, 4.69) is 10.6 Å². The van der Waals surface area contributed by atoms with E-state index >= 15 is 0 Å². The Kier molecular flexibility index (Phi) is 4.19. The van der Waals surface area contributed by atoms with Gasteiger partial charge in [0.15, 0.2) is 0 Å². The lowest BCUT2D eigenvalue weighted by atomic mass is 9.76. The van der Waals surface area contributed by atoms with Gasteiger partial charge in [0, 0.05) is 23.7 Å². The van der Waals surface area contributed by atoms with Gasteiger partial charge in [-0.3, -0.25) is 29.4 Å². The maximum Gasteiger partial charge on any atom is 0.250 e. The van der Waals surface area contributed by atoms with Gasteiger partial charge in [0.1, 0.15) is 11.4 Å². The topological polar surface area (TPSA) is 122 Å². The summed E-state index contributed by atoms with van der Waals surface area (Å²) >= 11 is 0. The van der Waals surface area contributed by atoms with Gasteiger partial charge >= 0.3 is 0 Å². The molecule has 1 spiro atoms. The molecule has 4 amide bonds. The maximum absolute atomic E-state index is 14.1. The van der Waals surface area contributed by atoms with Crippen LogP contribution in [0.3, 0.4) is 0 Å². The molecule has 31 heavy (non-hydrogen) atoms. The van der Waals surface area contributed by atoms with Gasteiger partial charge in [0.05, 0.1) is 18.4 Å². The largest absolute Gasteiger partial charge is 0.370 e. The van der Waals surface area contributed by atoms with E-state index < -0.39 is 52.9 Å². The molecule has 158 valence electrons. The summed E-state index contributed by atoms with van der Waals surface area (Å²) in [6.45, 7) is 0.0442. The van der Waals surface area contributed by atoms with Gasteiger partial charge < -0.3 is 11.1 Å². The van der Waals surface area contributed by atoms with E-state index in [1.807, 2.05) is 6.07 Å². The Morgan fingerprint density at radius 2 is 1.84 bits per heavy atom. The van der Waals surface area contributed by atoms with Crippen LogP contribution >= 0.6 is 0 Å². The highest BCUT2D eigenvalue weighted by atomic mass is 19.1. The number of likely N-dealkylation sites (tertiary alicyclic amines) is 1. The number of nitrogens with one attached hydrogen (secondary N) is 2. The number of carbonyl (C=O) groups is 4. The number of hydrogen-bond donors (Lipinski definition) is 3. The van der Waals surface area contributed by atoms with E-state index in [-0.39, 0.29) is 18.5 Å². The zero-order valence-electron chi connectivity index (χ0n) is 16.3. The predicted molar refractivity (Wildman–Crippen MR) is 106 cm³/mol. The van der Waals surface area contributed by atoms with Crippen LogP contribution in [0.25, 0.3) is 0 Å². The lowest BCUT2D eigenvalue weighted by Crippen LogP contribution is -2.53. The van der Waals surface area contributed by atoms with E-state index in [4.69, 9.17) is 5.73 Å². The number of halogens is 1. The van der Waals surface area contributed by atoms with Crippen molar-refractivity contribution in [3.63, 3.8) is 0 Å². The molecule has 4 atom stereocenters. The molecule has 2 saturated heterocycles. The monoisotopic (exact) mass is 422 g/mol. The molecule has 2 aromatic rings. The van der Waals surface area contributed by atoms with E-state index in [0.717, 1.165) is 10.5 Å². The van der Waals surface area contributed by atoms with Gasteiger partial charge in [-0.2, -0.15) is 0 Å². The molecule has 0 bridgehead atoms. The van der Waals surface area contributed by atoms with Gasteiger partial charge in [-0.1, -0.05) is 30.3 Å². The number of benzene rings is 2. The molecule has 0 aromatic heterocycles. The van der Waals surface area contributed by atoms with Crippen LogP contribution < -0.4 is 16.4 Å². The highest BCUT2D eigenvalue weighted by molar-refractivity contribution is 6.15. The van der Waals surface area contributed by atoms with Crippen molar-refractivity contribution in [3.05, 3.63) is 65.5 Å². The average Bonchev–Trinajstić information content (AvgIpc) is 3.29. The number of carbonyl (C=O) groups excluding carboxylic acids is 4. The van der Waals surface area contributed by atoms with Gasteiger partial charge in [0.2, 0.25) is 23.6 Å². The number of rotatable bonds is 4. The summed E-state index contributed by atoms with van der Waals surface area (Å²) in [5.41, 5.74) is 5.09. The minimum absolute atomic E-state index is 0.0442. The third-order valence-corrected chi connectivity index (χ3v) is 6.37. The van der Waals surface area contributed by atoms with E-state index in [0.29, 0.717) is 5.69 Å². The Hall–Kier alpha value is -3.59. The van der Waals surface area contributed by atoms with Gasteiger partial charge in [-0.25, -0.2) is 4.39 Å². The molecule has 0 aliphatic carbocycles. The number of primary amides is 1. The van der Waals surface area contributed by atoms with Gasteiger partial charge in [0.25, 0.3) is 0 Å². The van der Waals surface area contributed by atoms with Crippen LogP contribution in [0.15, 0.2) is 48.5 Å². The fourth-order valence-electron chi connectivity index (χ4n) is 5.15. The Bertz CT molecular complexity index is 1140. The summed E-state index contributed by atoms with van der Waals surface area (Å²) in [6.07, 6.45) is -0.237.